The molecule has 0 atom stereocenters. The first-order valence-electron chi connectivity index (χ1n) is 5.87. The molecule has 0 aromatic carbocycles. The zero-order chi connectivity index (χ0) is 12.0. The predicted molar refractivity (Wildman–Crippen MR) is 68.8 cm³/mol. The van der Waals surface area contributed by atoms with Crippen LogP contribution in [0.25, 0.3) is 0 Å². The van der Waals surface area contributed by atoms with Crippen LogP contribution in [-0.4, -0.2) is 18.1 Å². The lowest BCUT2D eigenvalue weighted by Crippen LogP contribution is -2.21. The molecule has 0 saturated carbocycles. The van der Waals surface area contributed by atoms with Crippen LogP contribution in [0.3, 0.4) is 0 Å². The zero-order valence-corrected chi connectivity index (χ0v) is 11.5. The van der Waals surface area contributed by atoms with Gasteiger partial charge in [-0.1, -0.05) is 27.2 Å². The summed E-state index contributed by atoms with van der Waals surface area (Å²) in [5, 5.41) is 4.53. The van der Waals surface area contributed by atoms with Crippen LogP contribution in [0.15, 0.2) is 0 Å². The normalized spacial score (nSPS) is 11.3. The summed E-state index contributed by atoms with van der Waals surface area (Å²) in [5.74, 6) is 0. The maximum Gasteiger partial charge on any atom is 0.119 e. The molecule has 0 unspecified atom stereocenters. The van der Waals surface area contributed by atoms with Crippen LogP contribution in [0.5, 0.6) is 0 Å². The molecular formula is C12H22N2OS. The number of hydrogen-bond donors (Lipinski definition) is 1. The average molecular weight is 242 g/mol. The molecule has 0 fully saturated rings. The number of thiazole rings is 1. The molecule has 0 amide bonds. The number of aromatic nitrogens is 1. The van der Waals surface area contributed by atoms with E-state index in [-0.39, 0.29) is 0 Å². The number of nitrogens with zero attached hydrogens (tertiary/aromatic N) is 1. The molecule has 0 saturated heterocycles. The monoisotopic (exact) mass is 242 g/mol. The largest absolute Gasteiger partial charge is 0.378 e. The second-order valence-corrected chi connectivity index (χ2v) is 5.36. The van der Waals surface area contributed by atoms with Crippen molar-refractivity contribution in [3.63, 3.8) is 0 Å². The minimum atomic E-state index is 0.516. The van der Waals surface area contributed by atoms with Crippen molar-refractivity contribution in [3.05, 3.63) is 15.6 Å². The van der Waals surface area contributed by atoms with Gasteiger partial charge in [-0.15, -0.1) is 11.3 Å². The number of nitrogens with one attached hydrogen (secondary N) is 1. The third kappa shape index (κ3) is 4.20. The average Bonchev–Trinajstić information content (AvgIpc) is 2.59. The minimum Gasteiger partial charge on any atom is -0.378 e. The molecule has 1 rings (SSSR count). The van der Waals surface area contributed by atoms with Gasteiger partial charge in [0, 0.05) is 24.6 Å². The summed E-state index contributed by atoms with van der Waals surface area (Å²) in [6.45, 7) is 8.07. The van der Waals surface area contributed by atoms with E-state index in [0.29, 0.717) is 12.6 Å². The molecule has 0 aliphatic rings. The quantitative estimate of drug-likeness (QED) is 0.798. The first kappa shape index (κ1) is 13.6. The SMILES string of the molecule is CCCc1nc(COC)sc1CNC(C)C. The Hall–Kier alpha value is -0.450. The summed E-state index contributed by atoms with van der Waals surface area (Å²) in [7, 11) is 1.72. The van der Waals surface area contributed by atoms with E-state index in [4.69, 9.17) is 4.74 Å². The van der Waals surface area contributed by atoms with Gasteiger partial charge in [-0.2, -0.15) is 0 Å². The third-order valence-electron chi connectivity index (χ3n) is 2.25. The topological polar surface area (TPSA) is 34.1 Å². The van der Waals surface area contributed by atoms with Crippen LogP contribution in [0.2, 0.25) is 0 Å². The van der Waals surface area contributed by atoms with Crippen molar-refractivity contribution in [2.24, 2.45) is 0 Å². The van der Waals surface area contributed by atoms with Crippen LogP contribution < -0.4 is 5.32 Å². The van der Waals surface area contributed by atoms with Crippen LogP contribution >= 0.6 is 11.3 Å². The molecule has 0 spiro atoms. The Kier molecular flexibility index (Phi) is 5.95. The lowest BCUT2D eigenvalue weighted by Gasteiger charge is -2.07. The Bertz CT molecular complexity index is 310. The summed E-state index contributed by atoms with van der Waals surface area (Å²) in [6, 6.07) is 0.516. The molecule has 0 bridgehead atoms. The fourth-order valence-electron chi connectivity index (χ4n) is 1.49. The fourth-order valence-corrected chi connectivity index (χ4v) is 2.53. The Balaban J connectivity index is 2.70. The van der Waals surface area contributed by atoms with Gasteiger partial charge in [0.15, 0.2) is 0 Å². The Morgan fingerprint density at radius 3 is 2.75 bits per heavy atom. The van der Waals surface area contributed by atoms with Crippen molar-refractivity contribution < 1.29 is 4.74 Å². The van der Waals surface area contributed by atoms with Gasteiger partial charge in [0.05, 0.1) is 12.3 Å². The molecular weight excluding hydrogens is 220 g/mol. The van der Waals surface area contributed by atoms with E-state index >= 15 is 0 Å². The van der Waals surface area contributed by atoms with Crippen molar-refractivity contribution in [2.75, 3.05) is 7.11 Å². The Morgan fingerprint density at radius 2 is 2.19 bits per heavy atom. The number of ether oxygens (including phenoxy) is 1. The Labute approximate surface area is 102 Å². The lowest BCUT2D eigenvalue weighted by atomic mass is 10.2. The molecule has 0 aliphatic carbocycles. The highest BCUT2D eigenvalue weighted by molar-refractivity contribution is 7.11. The molecule has 1 heterocycles. The van der Waals surface area contributed by atoms with Crippen molar-refractivity contribution in [1.82, 2.24) is 10.3 Å². The van der Waals surface area contributed by atoms with E-state index in [0.717, 1.165) is 24.4 Å². The van der Waals surface area contributed by atoms with Gasteiger partial charge in [0.1, 0.15) is 5.01 Å². The molecule has 3 nitrogen and oxygen atoms in total. The van der Waals surface area contributed by atoms with E-state index in [2.05, 4.69) is 31.1 Å². The van der Waals surface area contributed by atoms with Gasteiger partial charge in [-0.3, -0.25) is 0 Å². The van der Waals surface area contributed by atoms with E-state index < -0.39 is 0 Å². The molecule has 4 heteroatoms. The zero-order valence-electron chi connectivity index (χ0n) is 10.7. The van der Waals surface area contributed by atoms with Gasteiger partial charge in [-0.25, -0.2) is 4.98 Å². The molecule has 92 valence electrons. The highest BCUT2D eigenvalue weighted by Gasteiger charge is 2.10. The van der Waals surface area contributed by atoms with Crippen molar-refractivity contribution in [1.29, 1.82) is 0 Å². The van der Waals surface area contributed by atoms with E-state index in [1.807, 2.05) is 0 Å². The molecule has 16 heavy (non-hydrogen) atoms. The van der Waals surface area contributed by atoms with E-state index in [1.165, 1.54) is 10.6 Å². The number of methoxy groups -OCH3 is 1. The summed E-state index contributed by atoms with van der Waals surface area (Å²) in [4.78, 5) is 5.98. The van der Waals surface area contributed by atoms with Crippen LogP contribution in [-0.2, 0) is 24.3 Å². The summed E-state index contributed by atoms with van der Waals surface area (Å²) in [5.41, 5.74) is 1.24. The number of aryl methyl sites for hydroxylation is 1. The first-order chi connectivity index (χ1) is 7.67. The van der Waals surface area contributed by atoms with Crippen molar-refractivity contribution in [3.8, 4) is 0 Å². The number of rotatable bonds is 7. The highest BCUT2D eigenvalue weighted by Crippen LogP contribution is 2.20. The maximum absolute atomic E-state index is 5.13. The van der Waals surface area contributed by atoms with Gasteiger partial charge in [0.2, 0.25) is 0 Å². The lowest BCUT2D eigenvalue weighted by molar-refractivity contribution is 0.184. The van der Waals surface area contributed by atoms with Gasteiger partial charge < -0.3 is 10.1 Å². The summed E-state index contributed by atoms with van der Waals surface area (Å²) < 4.78 is 5.13. The summed E-state index contributed by atoms with van der Waals surface area (Å²) in [6.07, 6.45) is 2.21. The van der Waals surface area contributed by atoms with Gasteiger partial charge in [-0.05, 0) is 6.42 Å². The van der Waals surface area contributed by atoms with Crippen LogP contribution in [0, 0.1) is 0 Å². The summed E-state index contributed by atoms with van der Waals surface area (Å²) >= 11 is 1.77. The van der Waals surface area contributed by atoms with Gasteiger partial charge >= 0.3 is 0 Å². The van der Waals surface area contributed by atoms with Crippen LogP contribution in [0.4, 0.5) is 0 Å². The molecule has 0 radical (unpaired) electrons. The van der Waals surface area contributed by atoms with Crippen molar-refractivity contribution in [2.45, 2.75) is 52.8 Å². The maximum atomic E-state index is 5.13. The molecule has 1 N–H and O–H groups in total. The Morgan fingerprint density at radius 1 is 1.44 bits per heavy atom. The number of hydrogen-bond acceptors (Lipinski definition) is 4. The smallest absolute Gasteiger partial charge is 0.119 e. The van der Waals surface area contributed by atoms with E-state index in [9.17, 15) is 0 Å². The van der Waals surface area contributed by atoms with Crippen molar-refractivity contribution >= 4 is 11.3 Å². The van der Waals surface area contributed by atoms with Crippen LogP contribution in [0.1, 0.15) is 42.8 Å². The second kappa shape index (κ2) is 6.99. The third-order valence-corrected chi connectivity index (χ3v) is 3.32. The fraction of sp³-hybridized carbons (Fsp3) is 0.750. The van der Waals surface area contributed by atoms with Gasteiger partial charge in [0.25, 0.3) is 0 Å². The first-order valence-corrected chi connectivity index (χ1v) is 6.68. The highest BCUT2D eigenvalue weighted by atomic mass is 32.1. The minimum absolute atomic E-state index is 0.516. The predicted octanol–water partition coefficient (Wildman–Crippen LogP) is 2.74. The standard InChI is InChI=1S/C12H22N2OS/c1-5-6-10-11(7-13-9(2)3)16-12(14-10)8-15-4/h9,13H,5-8H2,1-4H3. The molecule has 1 aromatic rings. The van der Waals surface area contributed by atoms with E-state index in [1.54, 1.807) is 18.4 Å². The second-order valence-electron chi connectivity index (χ2n) is 4.20. The molecule has 1 aromatic heterocycles. The molecule has 0 aliphatic heterocycles.